The fourth-order valence-electron chi connectivity index (χ4n) is 3.06. The molecule has 0 bridgehead atoms. The summed E-state index contributed by atoms with van der Waals surface area (Å²) in [7, 11) is 0. The van der Waals surface area contributed by atoms with Gasteiger partial charge in [-0.1, -0.05) is 0 Å². The van der Waals surface area contributed by atoms with Crippen molar-refractivity contribution in [1.82, 2.24) is 15.5 Å². The molecule has 2 aliphatic heterocycles. The van der Waals surface area contributed by atoms with E-state index < -0.39 is 0 Å². The summed E-state index contributed by atoms with van der Waals surface area (Å²) in [4.78, 5) is 15.8. The Labute approximate surface area is 136 Å². The zero-order valence-corrected chi connectivity index (χ0v) is 14.0. The monoisotopic (exact) mass is 323 g/mol. The molecule has 22 heavy (non-hydrogen) atoms. The predicted molar refractivity (Wildman–Crippen MR) is 88.2 cm³/mol. The molecule has 0 aromatic carbocycles. The second kappa shape index (κ2) is 7.44. The van der Waals surface area contributed by atoms with Crippen molar-refractivity contribution in [1.29, 1.82) is 0 Å². The van der Waals surface area contributed by atoms with Gasteiger partial charge in [-0.2, -0.15) is 0 Å². The van der Waals surface area contributed by atoms with Gasteiger partial charge in [-0.05, 0) is 36.8 Å². The van der Waals surface area contributed by atoms with Crippen molar-refractivity contribution in [2.45, 2.75) is 32.4 Å². The Morgan fingerprint density at radius 3 is 3.27 bits per heavy atom. The first-order chi connectivity index (χ1) is 10.7. The number of nitrogens with one attached hydrogen (secondary N) is 2. The molecule has 2 atom stereocenters. The number of fused-ring (bicyclic) bond motifs is 1. The minimum atomic E-state index is -0.0630. The van der Waals surface area contributed by atoms with Crippen molar-refractivity contribution in [3.63, 3.8) is 0 Å². The van der Waals surface area contributed by atoms with E-state index in [2.05, 4.69) is 33.9 Å². The van der Waals surface area contributed by atoms with Crippen LogP contribution in [0.1, 0.15) is 23.8 Å². The molecule has 0 saturated carbocycles. The topological polar surface area (TPSA) is 53.6 Å². The molecule has 2 aliphatic rings. The third kappa shape index (κ3) is 4.00. The molecule has 122 valence electrons. The maximum atomic E-state index is 11.9. The molecule has 2 N–H and O–H groups in total. The minimum absolute atomic E-state index is 0.0630. The average Bonchev–Trinajstić information content (AvgIpc) is 3.20. The zero-order chi connectivity index (χ0) is 15.4. The molecule has 0 unspecified atom stereocenters. The number of urea groups is 1. The van der Waals surface area contributed by atoms with E-state index in [9.17, 15) is 4.79 Å². The van der Waals surface area contributed by atoms with E-state index >= 15 is 0 Å². The van der Waals surface area contributed by atoms with Crippen molar-refractivity contribution in [2.75, 3.05) is 32.8 Å². The van der Waals surface area contributed by atoms with Gasteiger partial charge in [0, 0.05) is 49.6 Å². The summed E-state index contributed by atoms with van der Waals surface area (Å²) >= 11 is 1.86. The smallest absolute Gasteiger partial charge is 0.314 e. The zero-order valence-electron chi connectivity index (χ0n) is 13.1. The van der Waals surface area contributed by atoms with Crippen LogP contribution in [-0.4, -0.2) is 49.8 Å². The first-order valence-corrected chi connectivity index (χ1v) is 8.99. The summed E-state index contributed by atoms with van der Waals surface area (Å²) in [5, 5.41) is 8.12. The van der Waals surface area contributed by atoms with Crippen LogP contribution in [0.15, 0.2) is 11.4 Å². The quantitative estimate of drug-likeness (QED) is 0.869. The Morgan fingerprint density at radius 1 is 1.55 bits per heavy atom. The molecule has 0 spiro atoms. The molecule has 3 heterocycles. The summed E-state index contributed by atoms with van der Waals surface area (Å²) in [5.41, 5.74) is 1.45. The van der Waals surface area contributed by atoms with E-state index in [0.717, 1.165) is 39.1 Å². The summed E-state index contributed by atoms with van der Waals surface area (Å²) in [6.45, 7) is 7.26. The van der Waals surface area contributed by atoms with E-state index in [-0.39, 0.29) is 6.03 Å². The van der Waals surface area contributed by atoms with Gasteiger partial charge in [-0.25, -0.2) is 4.79 Å². The normalized spacial score (nSPS) is 23.0. The van der Waals surface area contributed by atoms with Crippen LogP contribution in [0.4, 0.5) is 4.79 Å². The van der Waals surface area contributed by atoms with E-state index in [4.69, 9.17) is 4.74 Å². The Kier molecular flexibility index (Phi) is 5.33. The van der Waals surface area contributed by atoms with Gasteiger partial charge in [0.1, 0.15) is 0 Å². The molecule has 6 heteroatoms. The van der Waals surface area contributed by atoms with Crippen molar-refractivity contribution in [3.8, 4) is 0 Å². The number of carbonyl (C=O) groups is 1. The second-order valence-electron chi connectivity index (χ2n) is 6.26. The van der Waals surface area contributed by atoms with E-state index in [1.165, 1.54) is 10.4 Å². The van der Waals surface area contributed by atoms with Crippen LogP contribution >= 0.6 is 11.3 Å². The maximum absolute atomic E-state index is 11.9. The number of thiophene rings is 1. The standard InChI is InChI=1S/C16H25N3O2S/c1-12(19-5-2-15-14(10-19)4-7-22-15)8-17-16(20)18-9-13-3-6-21-11-13/h4,7,12-13H,2-3,5-6,8-11H2,1H3,(H2,17,18,20)/t12-,13+/m0/s1. The fourth-order valence-corrected chi connectivity index (χ4v) is 3.95. The molecule has 0 aliphatic carbocycles. The first kappa shape index (κ1) is 15.8. The van der Waals surface area contributed by atoms with Gasteiger partial charge in [-0.3, -0.25) is 4.90 Å². The number of ether oxygens (including phenoxy) is 1. The van der Waals surface area contributed by atoms with Gasteiger partial charge in [0.05, 0.1) is 6.61 Å². The van der Waals surface area contributed by atoms with Gasteiger partial charge < -0.3 is 15.4 Å². The third-order valence-electron chi connectivity index (χ3n) is 4.59. The highest BCUT2D eigenvalue weighted by molar-refractivity contribution is 7.10. The molecule has 2 amide bonds. The highest BCUT2D eigenvalue weighted by atomic mass is 32.1. The van der Waals surface area contributed by atoms with E-state index in [1.807, 2.05) is 11.3 Å². The van der Waals surface area contributed by atoms with Crippen LogP contribution in [0.25, 0.3) is 0 Å². The molecular weight excluding hydrogens is 298 g/mol. The molecule has 1 fully saturated rings. The summed E-state index contributed by atoms with van der Waals surface area (Å²) in [6, 6.07) is 2.52. The van der Waals surface area contributed by atoms with E-state index in [0.29, 0.717) is 25.0 Å². The molecule has 1 aromatic heterocycles. The minimum Gasteiger partial charge on any atom is -0.381 e. The Bertz CT molecular complexity index is 499. The largest absolute Gasteiger partial charge is 0.381 e. The number of rotatable bonds is 5. The lowest BCUT2D eigenvalue weighted by molar-refractivity contribution is 0.182. The van der Waals surface area contributed by atoms with Gasteiger partial charge in [0.25, 0.3) is 0 Å². The molecular formula is C16H25N3O2S. The van der Waals surface area contributed by atoms with Gasteiger partial charge in [0.15, 0.2) is 0 Å². The second-order valence-corrected chi connectivity index (χ2v) is 7.26. The number of nitrogens with zero attached hydrogens (tertiary/aromatic N) is 1. The van der Waals surface area contributed by atoms with Crippen LogP contribution in [0.3, 0.4) is 0 Å². The SMILES string of the molecule is C[C@@H](CNC(=O)NC[C@H]1CCOC1)N1CCc2sccc2C1. The Hall–Kier alpha value is -1.11. The summed E-state index contributed by atoms with van der Waals surface area (Å²) < 4.78 is 5.31. The van der Waals surface area contributed by atoms with Crippen molar-refractivity contribution >= 4 is 17.4 Å². The number of hydrogen-bond acceptors (Lipinski definition) is 4. The molecule has 3 rings (SSSR count). The van der Waals surface area contributed by atoms with Gasteiger partial charge in [-0.15, -0.1) is 11.3 Å². The number of carbonyl (C=O) groups excluding carboxylic acids is 1. The lowest BCUT2D eigenvalue weighted by atomic mass is 10.1. The summed E-state index contributed by atoms with van der Waals surface area (Å²) in [6.07, 6.45) is 2.18. The molecule has 0 radical (unpaired) electrons. The van der Waals surface area contributed by atoms with Crippen LogP contribution < -0.4 is 10.6 Å². The Balaban J connectivity index is 1.37. The van der Waals surface area contributed by atoms with E-state index in [1.54, 1.807) is 0 Å². The third-order valence-corrected chi connectivity index (χ3v) is 5.62. The maximum Gasteiger partial charge on any atom is 0.314 e. The molecule has 1 aromatic rings. The van der Waals surface area contributed by atoms with Crippen LogP contribution in [-0.2, 0) is 17.7 Å². The molecule has 5 nitrogen and oxygen atoms in total. The highest BCUT2D eigenvalue weighted by Gasteiger charge is 2.22. The highest BCUT2D eigenvalue weighted by Crippen LogP contribution is 2.24. The van der Waals surface area contributed by atoms with Crippen LogP contribution in [0.2, 0.25) is 0 Å². The lowest BCUT2D eigenvalue weighted by Crippen LogP contribution is -2.47. The van der Waals surface area contributed by atoms with Crippen LogP contribution in [0.5, 0.6) is 0 Å². The van der Waals surface area contributed by atoms with Gasteiger partial charge >= 0.3 is 6.03 Å². The van der Waals surface area contributed by atoms with Crippen LogP contribution in [0, 0.1) is 5.92 Å². The predicted octanol–water partition coefficient (Wildman–Crippen LogP) is 1.83. The van der Waals surface area contributed by atoms with Gasteiger partial charge in [0.2, 0.25) is 0 Å². The molecule has 1 saturated heterocycles. The lowest BCUT2D eigenvalue weighted by Gasteiger charge is -2.32. The number of amides is 2. The van der Waals surface area contributed by atoms with Crippen molar-refractivity contribution < 1.29 is 9.53 Å². The van der Waals surface area contributed by atoms with Crippen molar-refractivity contribution in [3.05, 3.63) is 21.9 Å². The van der Waals surface area contributed by atoms with Crippen molar-refractivity contribution in [2.24, 2.45) is 5.92 Å². The average molecular weight is 323 g/mol. The Morgan fingerprint density at radius 2 is 2.45 bits per heavy atom. The summed E-state index contributed by atoms with van der Waals surface area (Å²) in [5.74, 6) is 0.474. The number of hydrogen-bond donors (Lipinski definition) is 2. The first-order valence-electron chi connectivity index (χ1n) is 8.11. The fraction of sp³-hybridized carbons (Fsp3) is 0.688.